The number of rotatable bonds is 6. The van der Waals surface area contributed by atoms with Crippen LogP contribution in [-0.2, 0) is 9.59 Å². The van der Waals surface area contributed by atoms with Crippen LogP contribution in [0.3, 0.4) is 0 Å². The molecule has 0 N–H and O–H groups in total. The van der Waals surface area contributed by atoms with E-state index in [-0.39, 0.29) is 21.8 Å². The molecule has 1 fully saturated rings. The molecule has 34 heavy (non-hydrogen) atoms. The Hall–Kier alpha value is -3.56. The van der Waals surface area contributed by atoms with E-state index in [1.807, 2.05) is 0 Å². The van der Waals surface area contributed by atoms with Crippen molar-refractivity contribution in [3.05, 3.63) is 85.9 Å². The van der Waals surface area contributed by atoms with Crippen LogP contribution in [0, 0.1) is 22.0 Å². The first-order valence-corrected chi connectivity index (χ1v) is 11.0. The second-order valence-corrected chi connectivity index (χ2v) is 8.70. The zero-order valence-corrected chi connectivity index (χ0v) is 19.0. The van der Waals surface area contributed by atoms with Crippen molar-refractivity contribution < 1.29 is 24.1 Å². The van der Waals surface area contributed by atoms with Crippen molar-refractivity contribution in [1.29, 1.82) is 0 Å². The van der Waals surface area contributed by atoms with Gasteiger partial charge in [0, 0.05) is 28.3 Å². The molecule has 2 atom stereocenters. The number of fused-ring (bicyclic) bond motifs is 1. The molecule has 2 aliphatic rings. The number of imide groups is 1. The number of nitro benzene ring substituents is 1. The number of hydrogen-bond acceptors (Lipinski definition) is 6. The van der Waals surface area contributed by atoms with Crippen molar-refractivity contribution in [1.82, 2.24) is 10.0 Å². The van der Waals surface area contributed by atoms with E-state index in [4.69, 9.17) is 23.2 Å². The minimum atomic E-state index is -0.832. The van der Waals surface area contributed by atoms with Crippen LogP contribution >= 0.6 is 23.2 Å². The van der Waals surface area contributed by atoms with Gasteiger partial charge in [-0.05, 0) is 43.2 Å². The highest BCUT2D eigenvalue weighted by Crippen LogP contribution is 2.36. The first-order chi connectivity index (χ1) is 16.2. The quantitative estimate of drug-likeness (QED) is 0.193. The molecule has 0 aromatic heterocycles. The molecule has 11 heteroatoms. The summed E-state index contributed by atoms with van der Waals surface area (Å²) in [6.45, 7) is -0.651. The van der Waals surface area contributed by atoms with Crippen LogP contribution in [-0.4, -0.2) is 45.0 Å². The number of allylic oxidation sites excluding steroid dienone is 2. The fourth-order valence-electron chi connectivity index (χ4n) is 4.07. The highest BCUT2D eigenvalue weighted by Gasteiger charge is 2.51. The van der Waals surface area contributed by atoms with Crippen LogP contribution in [0.15, 0.2) is 54.6 Å². The van der Waals surface area contributed by atoms with E-state index in [9.17, 15) is 29.3 Å². The number of non-ortho nitro benzene ring substituents is 1. The van der Waals surface area contributed by atoms with E-state index in [1.54, 1.807) is 12.2 Å². The van der Waals surface area contributed by atoms with Gasteiger partial charge in [0.15, 0.2) is 5.78 Å². The summed E-state index contributed by atoms with van der Waals surface area (Å²) in [5.41, 5.74) is -0.211. The predicted octanol–water partition coefficient (Wildman–Crippen LogP) is 4.09. The van der Waals surface area contributed by atoms with E-state index in [0.717, 1.165) is 22.2 Å². The minimum absolute atomic E-state index is 0.0331. The van der Waals surface area contributed by atoms with Crippen molar-refractivity contribution in [3.63, 3.8) is 0 Å². The van der Waals surface area contributed by atoms with Gasteiger partial charge in [-0.1, -0.05) is 35.4 Å². The molecule has 0 saturated carbocycles. The first-order valence-electron chi connectivity index (χ1n) is 10.3. The number of nitrogens with zero attached hydrogens (tertiary/aromatic N) is 3. The van der Waals surface area contributed by atoms with E-state index in [2.05, 4.69) is 0 Å². The van der Waals surface area contributed by atoms with Crippen molar-refractivity contribution in [2.75, 3.05) is 6.54 Å². The Bertz CT molecular complexity index is 1220. The smallest absolute Gasteiger partial charge is 0.273 e. The van der Waals surface area contributed by atoms with E-state index < -0.39 is 46.8 Å². The van der Waals surface area contributed by atoms with Gasteiger partial charge in [-0.15, -0.1) is 0 Å². The monoisotopic (exact) mass is 501 g/mol. The summed E-state index contributed by atoms with van der Waals surface area (Å²) in [7, 11) is 0. The summed E-state index contributed by atoms with van der Waals surface area (Å²) in [5, 5.41) is 12.8. The zero-order chi connectivity index (χ0) is 24.6. The number of carbonyl (C=O) groups is 4. The Morgan fingerprint density at radius 1 is 1.00 bits per heavy atom. The molecule has 174 valence electrons. The summed E-state index contributed by atoms with van der Waals surface area (Å²) in [5.74, 6) is -3.86. The summed E-state index contributed by atoms with van der Waals surface area (Å²) < 4.78 is 0. The molecule has 2 aromatic carbocycles. The van der Waals surface area contributed by atoms with Gasteiger partial charge >= 0.3 is 0 Å². The van der Waals surface area contributed by atoms with E-state index >= 15 is 0 Å². The summed E-state index contributed by atoms with van der Waals surface area (Å²) in [6.07, 6.45) is 4.30. The Morgan fingerprint density at radius 2 is 1.59 bits per heavy atom. The van der Waals surface area contributed by atoms with Crippen molar-refractivity contribution in [2.24, 2.45) is 11.8 Å². The average Bonchev–Trinajstić information content (AvgIpc) is 3.07. The molecule has 0 spiro atoms. The number of halogens is 2. The first kappa shape index (κ1) is 23.6. The molecular formula is C23H17Cl2N3O6. The topological polar surface area (TPSA) is 118 Å². The molecule has 1 aliphatic carbocycles. The molecule has 3 amide bonds. The third-order valence-corrected chi connectivity index (χ3v) is 6.36. The third kappa shape index (κ3) is 4.32. The molecule has 0 bridgehead atoms. The second kappa shape index (κ2) is 9.36. The third-order valence-electron chi connectivity index (χ3n) is 5.81. The lowest BCUT2D eigenvalue weighted by Crippen LogP contribution is -2.52. The molecule has 9 nitrogen and oxygen atoms in total. The Balaban J connectivity index is 1.70. The minimum Gasteiger partial charge on any atom is -0.292 e. The molecule has 0 unspecified atom stereocenters. The van der Waals surface area contributed by atoms with Gasteiger partial charge < -0.3 is 0 Å². The molecule has 1 saturated heterocycles. The zero-order valence-electron chi connectivity index (χ0n) is 17.5. The maximum absolute atomic E-state index is 13.4. The van der Waals surface area contributed by atoms with Crippen LogP contribution in [0.5, 0.6) is 0 Å². The lowest BCUT2D eigenvalue weighted by Gasteiger charge is -2.30. The van der Waals surface area contributed by atoms with Gasteiger partial charge in [0.2, 0.25) is 0 Å². The molecule has 1 heterocycles. The van der Waals surface area contributed by atoms with Gasteiger partial charge in [0.1, 0.15) is 6.54 Å². The summed E-state index contributed by atoms with van der Waals surface area (Å²) >= 11 is 12.0. The Labute approximate surface area is 203 Å². The second-order valence-electron chi connectivity index (χ2n) is 7.86. The number of carbonyl (C=O) groups excluding carboxylic acids is 4. The SMILES string of the molecule is O=C(CN(C(=O)c1ccc([N+](=O)[O-])cc1)N1C(=O)[C@H]2CC=CC[C@@H]2C1=O)c1ccc(Cl)cc1Cl. The average molecular weight is 502 g/mol. The number of amides is 3. The highest BCUT2D eigenvalue weighted by atomic mass is 35.5. The number of nitro groups is 1. The van der Waals surface area contributed by atoms with Crippen molar-refractivity contribution in [2.45, 2.75) is 12.8 Å². The van der Waals surface area contributed by atoms with Crippen LogP contribution in [0.4, 0.5) is 5.69 Å². The summed E-state index contributed by atoms with van der Waals surface area (Å²) in [6, 6.07) is 8.86. The van der Waals surface area contributed by atoms with Gasteiger partial charge in [0.25, 0.3) is 23.4 Å². The largest absolute Gasteiger partial charge is 0.292 e. The highest BCUT2D eigenvalue weighted by molar-refractivity contribution is 6.37. The maximum Gasteiger partial charge on any atom is 0.273 e. The number of ketones is 1. The molecule has 1 aliphatic heterocycles. The Morgan fingerprint density at radius 3 is 2.12 bits per heavy atom. The lowest BCUT2D eigenvalue weighted by molar-refractivity contribution is -0.384. The van der Waals surface area contributed by atoms with Crippen molar-refractivity contribution in [3.8, 4) is 0 Å². The van der Waals surface area contributed by atoms with Crippen molar-refractivity contribution >= 4 is 52.4 Å². The van der Waals surface area contributed by atoms with E-state index in [1.165, 1.54) is 30.3 Å². The number of Topliss-reactive ketones (excluding diaryl/α,β-unsaturated/α-hetero) is 1. The van der Waals surface area contributed by atoms with Crippen LogP contribution in [0.1, 0.15) is 33.6 Å². The number of hydrazine groups is 1. The van der Waals surface area contributed by atoms with Crippen LogP contribution < -0.4 is 0 Å². The lowest BCUT2D eigenvalue weighted by atomic mass is 9.85. The Kier molecular flexibility index (Phi) is 6.49. The number of benzene rings is 2. The van der Waals surface area contributed by atoms with Gasteiger partial charge in [-0.2, -0.15) is 5.01 Å². The van der Waals surface area contributed by atoms with E-state index in [0.29, 0.717) is 17.9 Å². The fraction of sp³-hybridized carbons (Fsp3) is 0.217. The molecule has 0 radical (unpaired) electrons. The van der Waals surface area contributed by atoms with Gasteiger partial charge in [-0.3, -0.25) is 29.3 Å². The normalized spacial score (nSPS) is 19.2. The van der Waals surface area contributed by atoms with Crippen LogP contribution in [0.2, 0.25) is 10.0 Å². The molecular weight excluding hydrogens is 485 g/mol. The van der Waals surface area contributed by atoms with Gasteiger partial charge in [-0.25, -0.2) is 5.01 Å². The fourth-order valence-corrected chi connectivity index (χ4v) is 4.58. The predicted molar refractivity (Wildman–Crippen MR) is 122 cm³/mol. The van der Waals surface area contributed by atoms with Crippen LogP contribution in [0.25, 0.3) is 0 Å². The maximum atomic E-state index is 13.4. The summed E-state index contributed by atoms with van der Waals surface area (Å²) in [4.78, 5) is 63.1. The standard InChI is InChI=1S/C23H17Cl2N3O6/c24-14-7-10-18(19(25)11-14)20(29)12-26(21(30)13-5-8-15(9-6-13)28(33)34)27-22(31)16-3-1-2-4-17(16)23(27)32/h1-2,5-11,16-17H,3-4,12H2/t16-,17-/m0/s1. The number of hydrogen-bond donors (Lipinski definition) is 0. The molecule has 2 aromatic rings. The molecule has 4 rings (SSSR count). The van der Waals surface area contributed by atoms with Gasteiger partial charge in [0.05, 0.1) is 21.8 Å².